The Bertz CT molecular complexity index is 1090. The summed E-state index contributed by atoms with van der Waals surface area (Å²) in [5, 5.41) is 0. The molecule has 212 valence electrons. The SMILES string of the molecule is CCCN1CCN(c2ccc(C(N)=O)c([C@@H](C(=O)N3C[C@@H](C4CC4)[C@H]4OCC(=O)[C@H]43)C3CCCCC3)c2)CC1. The van der Waals surface area contributed by atoms with Crippen LogP contribution in [0.5, 0.6) is 0 Å². The van der Waals surface area contributed by atoms with Gasteiger partial charge in [0.25, 0.3) is 0 Å². The van der Waals surface area contributed by atoms with Crippen LogP contribution in [0.25, 0.3) is 0 Å². The summed E-state index contributed by atoms with van der Waals surface area (Å²) in [5.74, 6) is -0.0330. The first-order chi connectivity index (χ1) is 19.0. The van der Waals surface area contributed by atoms with Gasteiger partial charge in [-0.05, 0) is 74.2 Å². The average Bonchev–Trinajstić information content (AvgIpc) is 3.62. The molecular weight excluding hydrogens is 492 g/mol. The third-order valence-electron chi connectivity index (χ3n) is 10.0. The molecule has 0 aromatic heterocycles. The second-order valence-corrected chi connectivity index (χ2v) is 12.5. The number of Topliss-reactive ketones (excluding diaryl/α,β-unsaturated/α-hetero) is 1. The number of fused-ring (bicyclic) bond motifs is 1. The summed E-state index contributed by atoms with van der Waals surface area (Å²) in [6.07, 6.45) is 8.51. The Balaban J connectivity index is 1.35. The number of carbonyl (C=O) groups excluding carboxylic acids is 3. The first kappa shape index (κ1) is 26.8. The Morgan fingerprint density at radius 1 is 1.05 bits per heavy atom. The standard InChI is InChI=1S/C31H44N4O4/c1-2-12-33-13-15-34(16-14-33)22-10-11-23(30(32)37)24(17-22)27(21-6-4-3-5-7-21)31(38)35-18-25(20-8-9-20)29-28(35)26(36)19-39-29/h10-11,17,20-21,25,27-29H,2-9,12-16,18-19H2,1H3,(H2,32,37)/t25-,27-,28+,29+/m0/s1. The average molecular weight is 537 g/mol. The lowest BCUT2D eigenvalue weighted by Crippen LogP contribution is -2.47. The van der Waals surface area contributed by atoms with Gasteiger partial charge in [0.2, 0.25) is 11.8 Å². The summed E-state index contributed by atoms with van der Waals surface area (Å²) in [4.78, 5) is 47.1. The maximum absolute atomic E-state index is 14.6. The van der Waals surface area contributed by atoms with Crippen molar-refractivity contribution >= 4 is 23.3 Å². The second kappa shape index (κ2) is 11.2. The predicted octanol–water partition coefficient (Wildman–Crippen LogP) is 3.19. The van der Waals surface area contributed by atoms with Gasteiger partial charge in [-0.3, -0.25) is 19.3 Å². The lowest BCUT2D eigenvalue weighted by Gasteiger charge is -2.37. The van der Waals surface area contributed by atoms with E-state index in [1.54, 1.807) is 0 Å². The summed E-state index contributed by atoms with van der Waals surface area (Å²) in [7, 11) is 0. The van der Waals surface area contributed by atoms with Crippen molar-refractivity contribution in [3.05, 3.63) is 29.3 Å². The van der Waals surface area contributed by atoms with Gasteiger partial charge < -0.3 is 20.3 Å². The van der Waals surface area contributed by atoms with Crippen LogP contribution < -0.4 is 10.6 Å². The van der Waals surface area contributed by atoms with E-state index in [1.165, 1.54) is 6.42 Å². The smallest absolute Gasteiger partial charge is 0.249 e. The van der Waals surface area contributed by atoms with Gasteiger partial charge in [0.05, 0.1) is 12.0 Å². The van der Waals surface area contributed by atoms with Crippen molar-refractivity contribution in [2.45, 2.75) is 76.4 Å². The van der Waals surface area contributed by atoms with Gasteiger partial charge in [0.1, 0.15) is 12.6 Å². The van der Waals surface area contributed by atoms with Gasteiger partial charge in [-0.15, -0.1) is 0 Å². The van der Waals surface area contributed by atoms with Crippen LogP contribution in [0.2, 0.25) is 0 Å². The fourth-order valence-corrected chi connectivity index (χ4v) is 7.87. The first-order valence-electron chi connectivity index (χ1n) is 15.3. The number of carbonyl (C=O) groups is 3. The number of amides is 2. The van der Waals surface area contributed by atoms with Gasteiger partial charge >= 0.3 is 0 Å². The minimum Gasteiger partial charge on any atom is -0.369 e. The van der Waals surface area contributed by atoms with Crippen LogP contribution in [0.4, 0.5) is 5.69 Å². The van der Waals surface area contributed by atoms with Crippen molar-refractivity contribution < 1.29 is 19.1 Å². The van der Waals surface area contributed by atoms with Crippen LogP contribution in [-0.4, -0.2) is 85.4 Å². The number of ketones is 1. The molecular formula is C31H44N4O4. The molecule has 4 atom stereocenters. The number of rotatable bonds is 8. The molecule has 2 aliphatic carbocycles. The summed E-state index contributed by atoms with van der Waals surface area (Å²) < 4.78 is 5.97. The Hall–Kier alpha value is -2.45. The number of anilines is 1. The molecule has 1 aromatic carbocycles. The molecule has 5 aliphatic rings. The van der Waals surface area contributed by atoms with Crippen LogP contribution in [0.3, 0.4) is 0 Å². The number of piperazine rings is 1. The van der Waals surface area contributed by atoms with Crippen molar-refractivity contribution in [1.82, 2.24) is 9.80 Å². The molecule has 3 aliphatic heterocycles. The maximum Gasteiger partial charge on any atom is 0.249 e. The van der Waals surface area contributed by atoms with E-state index in [0.29, 0.717) is 18.0 Å². The Labute approximate surface area is 232 Å². The highest BCUT2D eigenvalue weighted by molar-refractivity contribution is 5.99. The number of benzene rings is 1. The molecule has 0 bridgehead atoms. The number of likely N-dealkylation sites (tertiary alicyclic amines) is 1. The molecule has 0 spiro atoms. The molecule has 0 unspecified atom stereocenters. The van der Waals surface area contributed by atoms with E-state index in [4.69, 9.17) is 10.5 Å². The number of ether oxygens (including phenoxy) is 1. The van der Waals surface area contributed by atoms with Crippen molar-refractivity contribution in [2.75, 3.05) is 50.8 Å². The van der Waals surface area contributed by atoms with E-state index in [2.05, 4.69) is 22.8 Å². The zero-order valence-corrected chi connectivity index (χ0v) is 23.4. The summed E-state index contributed by atoms with van der Waals surface area (Å²) in [6, 6.07) is 5.41. The Morgan fingerprint density at radius 2 is 1.79 bits per heavy atom. The molecule has 6 rings (SSSR count). The topological polar surface area (TPSA) is 96.2 Å². The maximum atomic E-state index is 14.6. The van der Waals surface area contributed by atoms with E-state index >= 15 is 0 Å². The quantitative estimate of drug-likeness (QED) is 0.548. The van der Waals surface area contributed by atoms with E-state index < -0.39 is 17.9 Å². The van der Waals surface area contributed by atoms with Gasteiger partial charge in [-0.25, -0.2) is 0 Å². The third kappa shape index (κ3) is 5.22. The van der Waals surface area contributed by atoms with Crippen molar-refractivity contribution in [1.29, 1.82) is 0 Å². The number of hydrogen-bond acceptors (Lipinski definition) is 6. The lowest BCUT2D eigenvalue weighted by atomic mass is 9.74. The molecule has 5 fully saturated rings. The molecule has 2 amide bonds. The van der Waals surface area contributed by atoms with E-state index in [-0.39, 0.29) is 36.2 Å². The zero-order valence-electron chi connectivity index (χ0n) is 23.4. The fraction of sp³-hybridized carbons (Fsp3) is 0.710. The highest BCUT2D eigenvalue weighted by Crippen LogP contribution is 2.48. The zero-order chi connectivity index (χ0) is 27.1. The van der Waals surface area contributed by atoms with Gasteiger partial charge in [0.15, 0.2) is 5.78 Å². The van der Waals surface area contributed by atoms with Crippen LogP contribution in [0, 0.1) is 17.8 Å². The molecule has 1 aromatic rings. The van der Waals surface area contributed by atoms with Crippen LogP contribution in [0.1, 0.15) is 80.1 Å². The van der Waals surface area contributed by atoms with Crippen LogP contribution >= 0.6 is 0 Å². The largest absolute Gasteiger partial charge is 0.369 e. The number of nitrogens with two attached hydrogens (primary N) is 1. The second-order valence-electron chi connectivity index (χ2n) is 12.5. The molecule has 2 N–H and O–H groups in total. The highest BCUT2D eigenvalue weighted by atomic mass is 16.5. The molecule has 2 saturated carbocycles. The number of primary amides is 1. The minimum atomic E-state index is -0.492. The fourth-order valence-electron chi connectivity index (χ4n) is 7.87. The molecule has 3 saturated heterocycles. The molecule has 39 heavy (non-hydrogen) atoms. The highest BCUT2D eigenvalue weighted by Gasteiger charge is 2.57. The Kier molecular flexibility index (Phi) is 7.68. The number of hydrogen-bond donors (Lipinski definition) is 1. The van der Waals surface area contributed by atoms with Gasteiger partial charge in [-0.1, -0.05) is 26.2 Å². The van der Waals surface area contributed by atoms with E-state index in [1.807, 2.05) is 17.0 Å². The molecule has 3 heterocycles. The van der Waals surface area contributed by atoms with Crippen molar-refractivity contribution in [3.8, 4) is 0 Å². The molecule has 8 heteroatoms. The Morgan fingerprint density at radius 3 is 2.46 bits per heavy atom. The monoisotopic (exact) mass is 536 g/mol. The summed E-state index contributed by atoms with van der Waals surface area (Å²) in [6.45, 7) is 7.86. The number of nitrogens with zero attached hydrogens (tertiary/aromatic N) is 3. The van der Waals surface area contributed by atoms with Gasteiger partial charge in [0, 0.05) is 49.9 Å². The lowest BCUT2D eigenvalue weighted by molar-refractivity contribution is -0.139. The van der Waals surface area contributed by atoms with Gasteiger partial charge in [-0.2, -0.15) is 0 Å². The normalized spacial score (nSPS) is 29.1. The van der Waals surface area contributed by atoms with Crippen LogP contribution in [-0.2, 0) is 14.3 Å². The van der Waals surface area contributed by atoms with E-state index in [9.17, 15) is 14.4 Å². The predicted molar refractivity (Wildman–Crippen MR) is 150 cm³/mol. The minimum absolute atomic E-state index is 0.00804. The summed E-state index contributed by atoms with van der Waals surface area (Å²) >= 11 is 0. The van der Waals surface area contributed by atoms with Crippen molar-refractivity contribution in [2.24, 2.45) is 23.5 Å². The summed E-state index contributed by atoms with van der Waals surface area (Å²) in [5.41, 5.74) is 8.18. The molecule has 8 nitrogen and oxygen atoms in total. The van der Waals surface area contributed by atoms with Crippen molar-refractivity contribution in [3.63, 3.8) is 0 Å². The molecule has 0 radical (unpaired) electrons. The first-order valence-corrected chi connectivity index (χ1v) is 15.3. The van der Waals surface area contributed by atoms with E-state index in [0.717, 1.165) is 88.9 Å². The third-order valence-corrected chi connectivity index (χ3v) is 10.0. The van der Waals surface area contributed by atoms with Crippen LogP contribution in [0.15, 0.2) is 18.2 Å².